The van der Waals surface area contributed by atoms with Gasteiger partial charge in [0.15, 0.2) is 0 Å². The van der Waals surface area contributed by atoms with Crippen molar-refractivity contribution < 1.29 is 9.90 Å². The SMILES string of the molecule is CCCCCC(CC(CCC)CCC(C)C)C(=O)O. The first-order valence-electron chi connectivity index (χ1n) is 8.23. The number of carboxylic acid groups (broad SMARTS) is 1. The summed E-state index contributed by atoms with van der Waals surface area (Å²) in [6.45, 7) is 8.87. The van der Waals surface area contributed by atoms with Crippen LogP contribution in [0.5, 0.6) is 0 Å². The molecule has 0 aromatic carbocycles. The lowest BCUT2D eigenvalue weighted by atomic mass is 9.84. The van der Waals surface area contributed by atoms with Gasteiger partial charge in [-0.25, -0.2) is 0 Å². The molecule has 0 bridgehead atoms. The minimum absolute atomic E-state index is 0.115. The van der Waals surface area contributed by atoms with Gasteiger partial charge in [-0.05, 0) is 24.7 Å². The fraction of sp³-hybridized carbons (Fsp3) is 0.941. The second kappa shape index (κ2) is 11.3. The van der Waals surface area contributed by atoms with Crippen LogP contribution in [0.15, 0.2) is 0 Å². The van der Waals surface area contributed by atoms with E-state index in [1.165, 1.54) is 25.7 Å². The first-order chi connectivity index (χ1) is 9.01. The molecule has 0 aliphatic carbocycles. The van der Waals surface area contributed by atoms with E-state index in [2.05, 4.69) is 27.7 Å². The Balaban J connectivity index is 4.25. The normalized spacial score (nSPS) is 14.6. The highest BCUT2D eigenvalue weighted by molar-refractivity contribution is 5.69. The van der Waals surface area contributed by atoms with Crippen molar-refractivity contribution in [2.75, 3.05) is 0 Å². The summed E-state index contributed by atoms with van der Waals surface area (Å²) < 4.78 is 0. The lowest BCUT2D eigenvalue weighted by Crippen LogP contribution is -2.18. The van der Waals surface area contributed by atoms with Crippen LogP contribution in [0.4, 0.5) is 0 Å². The maximum Gasteiger partial charge on any atom is 0.306 e. The van der Waals surface area contributed by atoms with Crippen LogP contribution in [-0.2, 0) is 4.79 Å². The zero-order chi connectivity index (χ0) is 14.7. The maximum atomic E-state index is 11.4. The minimum Gasteiger partial charge on any atom is -0.481 e. The zero-order valence-electron chi connectivity index (χ0n) is 13.5. The highest BCUT2D eigenvalue weighted by atomic mass is 16.4. The van der Waals surface area contributed by atoms with Crippen molar-refractivity contribution in [3.63, 3.8) is 0 Å². The van der Waals surface area contributed by atoms with Gasteiger partial charge in [0.05, 0.1) is 5.92 Å². The van der Waals surface area contributed by atoms with Crippen molar-refractivity contribution in [2.45, 2.75) is 85.5 Å². The monoisotopic (exact) mass is 270 g/mol. The summed E-state index contributed by atoms with van der Waals surface area (Å²) in [4.78, 5) is 11.4. The van der Waals surface area contributed by atoms with Crippen LogP contribution >= 0.6 is 0 Å². The average molecular weight is 270 g/mol. The number of hydrogen-bond donors (Lipinski definition) is 1. The summed E-state index contributed by atoms with van der Waals surface area (Å²) >= 11 is 0. The molecule has 0 spiro atoms. The fourth-order valence-electron chi connectivity index (χ4n) is 2.74. The van der Waals surface area contributed by atoms with Crippen LogP contribution in [0.3, 0.4) is 0 Å². The summed E-state index contributed by atoms with van der Waals surface area (Å²) in [5, 5.41) is 9.37. The Morgan fingerprint density at radius 2 is 1.63 bits per heavy atom. The van der Waals surface area contributed by atoms with Gasteiger partial charge in [-0.3, -0.25) is 4.79 Å². The molecular weight excluding hydrogens is 236 g/mol. The molecule has 1 N–H and O–H groups in total. The van der Waals surface area contributed by atoms with E-state index in [9.17, 15) is 9.90 Å². The second-order valence-electron chi connectivity index (χ2n) is 6.39. The third-order valence-corrected chi connectivity index (χ3v) is 3.97. The first-order valence-corrected chi connectivity index (χ1v) is 8.23. The van der Waals surface area contributed by atoms with Gasteiger partial charge in [0, 0.05) is 0 Å². The molecule has 0 fully saturated rings. The molecule has 0 rings (SSSR count). The number of hydrogen-bond acceptors (Lipinski definition) is 1. The molecule has 0 heterocycles. The van der Waals surface area contributed by atoms with E-state index in [0.29, 0.717) is 5.92 Å². The Morgan fingerprint density at radius 3 is 2.11 bits per heavy atom. The summed E-state index contributed by atoms with van der Waals surface area (Å²) in [5.41, 5.74) is 0. The molecule has 114 valence electrons. The molecule has 2 nitrogen and oxygen atoms in total. The third-order valence-electron chi connectivity index (χ3n) is 3.97. The Bertz CT molecular complexity index is 223. The van der Waals surface area contributed by atoms with Crippen molar-refractivity contribution in [1.29, 1.82) is 0 Å². The largest absolute Gasteiger partial charge is 0.481 e. The molecule has 0 saturated heterocycles. The number of unbranched alkanes of at least 4 members (excludes halogenated alkanes) is 2. The highest BCUT2D eigenvalue weighted by Crippen LogP contribution is 2.27. The van der Waals surface area contributed by atoms with Crippen LogP contribution < -0.4 is 0 Å². The molecule has 0 radical (unpaired) electrons. The predicted octanol–water partition coefficient (Wildman–Crippen LogP) is 5.51. The lowest BCUT2D eigenvalue weighted by molar-refractivity contribution is -0.142. The minimum atomic E-state index is -0.582. The van der Waals surface area contributed by atoms with Gasteiger partial charge >= 0.3 is 5.97 Å². The van der Waals surface area contributed by atoms with Crippen LogP contribution in [-0.4, -0.2) is 11.1 Å². The predicted molar refractivity (Wildman–Crippen MR) is 82.4 cm³/mol. The molecule has 19 heavy (non-hydrogen) atoms. The van der Waals surface area contributed by atoms with Crippen molar-refractivity contribution in [3.8, 4) is 0 Å². The second-order valence-corrected chi connectivity index (χ2v) is 6.39. The van der Waals surface area contributed by atoms with Gasteiger partial charge in [-0.15, -0.1) is 0 Å². The van der Waals surface area contributed by atoms with E-state index in [0.717, 1.165) is 38.0 Å². The quantitative estimate of drug-likeness (QED) is 0.475. The van der Waals surface area contributed by atoms with Gasteiger partial charge in [0.1, 0.15) is 0 Å². The van der Waals surface area contributed by atoms with E-state index in [4.69, 9.17) is 0 Å². The van der Waals surface area contributed by atoms with E-state index < -0.39 is 5.97 Å². The van der Waals surface area contributed by atoms with E-state index in [-0.39, 0.29) is 5.92 Å². The zero-order valence-corrected chi connectivity index (χ0v) is 13.5. The molecule has 2 unspecified atom stereocenters. The summed E-state index contributed by atoms with van der Waals surface area (Å²) in [6, 6.07) is 0. The van der Waals surface area contributed by atoms with E-state index in [1.807, 2.05) is 0 Å². The maximum absolute atomic E-state index is 11.4. The van der Waals surface area contributed by atoms with Gasteiger partial charge < -0.3 is 5.11 Å². The Kier molecular flexibility index (Phi) is 11.0. The average Bonchev–Trinajstić information content (AvgIpc) is 2.34. The van der Waals surface area contributed by atoms with Crippen LogP contribution in [0, 0.1) is 17.8 Å². The van der Waals surface area contributed by atoms with E-state index >= 15 is 0 Å². The topological polar surface area (TPSA) is 37.3 Å². The Hall–Kier alpha value is -0.530. The first kappa shape index (κ1) is 18.5. The molecule has 0 aromatic heterocycles. The van der Waals surface area contributed by atoms with Crippen LogP contribution in [0.1, 0.15) is 85.5 Å². The molecule has 0 saturated carbocycles. The molecule has 0 aliphatic rings. The fourth-order valence-corrected chi connectivity index (χ4v) is 2.74. The van der Waals surface area contributed by atoms with Gasteiger partial charge in [-0.2, -0.15) is 0 Å². The summed E-state index contributed by atoms with van der Waals surface area (Å²) in [7, 11) is 0. The third kappa shape index (κ3) is 9.98. The number of rotatable bonds is 12. The molecule has 0 aromatic rings. The number of carbonyl (C=O) groups is 1. The number of aliphatic carboxylic acids is 1. The van der Waals surface area contributed by atoms with Gasteiger partial charge in [-0.1, -0.05) is 72.6 Å². The molecule has 0 amide bonds. The molecule has 2 heteroatoms. The lowest BCUT2D eigenvalue weighted by Gasteiger charge is -2.21. The highest BCUT2D eigenvalue weighted by Gasteiger charge is 2.21. The van der Waals surface area contributed by atoms with Crippen LogP contribution in [0.25, 0.3) is 0 Å². The van der Waals surface area contributed by atoms with Gasteiger partial charge in [0.25, 0.3) is 0 Å². The standard InChI is InChI=1S/C17H34O2/c1-5-7-8-10-16(17(18)19)13-15(9-6-2)12-11-14(3)4/h14-16H,5-13H2,1-4H3,(H,18,19). The molecule has 0 aliphatic heterocycles. The van der Waals surface area contributed by atoms with Crippen molar-refractivity contribution in [3.05, 3.63) is 0 Å². The van der Waals surface area contributed by atoms with E-state index in [1.54, 1.807) is 0 Å². The summed E-state index contributed by atoms with van der Waals surface area (Å²) in [5.74, 6) is 0.634. The van der Waals surface area contributed by atoms with Crippen LogP contribution in [0.2, 0.25) is 0 Å². The van der Waals surface area contributed by atoms with Crippen molar-refractivity contribution >= 4 is 5.97 Å². The Labute approximate surface area is 120 Å². The molecular formula is C17H34O2. The van der Waals surface area contributed by atoms with Crippen molar-refractivity contribution in [1.82, 2.24) is 0 Å². The summed E-state index contributed by atoms with van der Waals surface area (Å²) in [6.07, 6.45) is 9.93. The van der Waals surface area contributed by atoms with Gasteiger partial charge in [0.2, 0.25) is 0 Å². The Morgan fingerprint density at radius 1 is 0.947 bits per heavy atom. The smallest absolute Gasteiger partial charge is 0.306 e. The number of carboxylic acids is 1. The molecule has 2 atom stereocenters. The van der Waals surface area contributed by atoms with Crippen molar-refractivity contribution in [2.24, 2.45) is 17.8 Å².